The fourth-order valence-corrected chi connectivity index (χ4v) is 4.48. The van der Waals surface area contributed by atoms with E-state index in [-0.39, 0.29) is 23.9 Å². The number of aryl methyl sites for hydroxylation is 1. The molecule has 1 aromatic carbocycles. The van der Waals surface area contributed by atoms with Crippen molar-refractivity contribution in [3.8, 4) is 28.3 Å². The van der Waals surface area contributed by atoms with Crippen LogP contribution in [0, 0.1) is 11.7 Å². The zero-order valence-electron chi connectivity index (χ0n) is 18.5. The number of benzene rings is 1. The molecule has 2 aliphatic rings. The van der Waals surface area contributed by atoms with Gasteiger partial charge in [0.15, 0.2) is 5.82 Å². The summed E-state index contributed by atoms with van der Waals surface area (Å²) in [5.41, 5.74) is 2.16. The van der Waals surface area contributed by atoms with E-state index in [1.165, 1.54) is 18.9 Å². The lowest BCUT2D eigenvalue weighted by atomic mass is 10.0. The van der Waals surface area contributed by atoms with E-state index in [2.05, 4.69) is 35.5 Å². The summed E-state index contributed by atoms with van der Waals surface area (Å²) in [5.74, 6) is 0.850. The Morgan fingerprint density at radius 3 is 2.68 bits per heavy atom. The number of hydrogen-bond donors (Lipinski definition) is 2. The van der Waals surface area contributed by atoms with E-state index in [1.54, 1.807) is 36.4 Å². The number of aromatic hydroxyl groups is 1. The van der Waals surface area contributed by atoms with Crippen LogP contribution in [0.2, 0.25) is 0 Å². The monoisotopic (exact) mass is 482 g/mol. The van der Waals surface area contributed by atoms with Gasteiger partial charge in [-0.05, 0) is 42.5 Å². The number of fused-ring (bicyclic) bond motifs is 1. The van der Waals surface area contributed by atoms with Crippen molar-refractivity contribution in [2.75, 3.05) is 24.5 Å². The Labute approximate surface area is 201 Å². The normalized spacial score (nSPS) is 18.2. The van der Waals surface area contributed by atoms with Gasteiger partial charge in [-0.25, -0.2) is 14.4 Å². The van der Waals surface area contributed by atoms with Gasteiger partial charge < -0.3 is 15.3 Å². The number of aromatic nitrogens is 6. The Morgan fingerprint density at radius 1 is 1.09 bits per heavy atom. The summed E-state index contributed by atoms with van der Waals surface area (Å²) in [6.07, 6.45) is 7.48. The molecule has 9 nitrogen and oxygen atoms in total. The van der Waals surface area contributed by atoms with Crippen LogP contribution < -0.4 is 10.2 Å². The summed E-state index contributed by atoms with van der Waals surface area (Å²) in [4.78, 5) is 11.0. The van der Waals surface area contributed by atoms with Crippen LogP contribution in [0.15, 0.2) is 36.8 Å². The molecule has 2 fully saturated rings. The number of piperazine rings is 1. The Hall–Kier alpha value is -3.37. The molecule has 0 bridgehead atoms. The first-order valence-electron chi connectivity index (χ1n) is 11.1. The highest BCUT2D eigenvalue weighted by Gasteiger charge is 2.34. The van der Waals surface area contributed by atoms with Crippen LogP contribution in [0.5, 0.6) is 5.75 Å². The Kier molecular flexibility index (Phi) is 5.78. The van der Waals surface area contributed by atoms with Crippen molar-refractivity contribution in [3.05, 3.63) is 42.6 Å². The molecule has 4 heterocycles. The molecule has 0 radical (unpaired) electrons. The first-order chi connectivity index (χ1) is 16.0. The molecule has 1 aliphatic heterocycles. The zero-order valence-corrected chi connectivity index (χ0v) is 19.3. The lowest BCUT2D eigenvalue weighted by Gasteiger charge is -2.33. The predicted octanol–water partition coefficient (Wildman–Crippen LogP) is 2.94. The van der Waals surface area contributed by atoms with Crippen LogP contribution in [-0.4, -0.2) is 60.7 Å². The zero-order chi connectivity index (χ0) is 22.5. The van der Waals surface area contributed by atoms with E-state index in [0.717, 1.165) is 25.6 Å². The first kappa shape index (κ1) is 22.4. The first-order valence-corrected chi connectivity index (χ1v) is 11.1. The van der Waals surface area contributed by atoms with Crippen LogP contribution >= 0.6 is 12.4 Å². The van der Waals surface area contributed by atoms with Crippen molar-refractivity contribution < 1.29 is 9.50 Å². The molecule has 1 aliphatic carbocycles. The molecule has 4 aromatic rings. The number of pyridine rings is 1. The molecule has 2 N–H and O–H groups in total. The maximum absolute atomic E-state index is 14.5. The van der Waals surface area contributed by atoms with Crippen molar-refractivity contribution in [2.24, 2.45) is 13.0 Å². The van der Waals surface area contributed by atoms with Crippen molar-refractivity contribution in [1.82, 2.24) is 35.3 Å². The lowest BCUT2D eigenvalue weighted by Crippen LogP contribution is -2.52. The van der Waals surface area contributed by atoms with Gasteiger partial charge in [-0.15, -0.1) is 22.6 Å². The topological polar surface area (TPSA) is 105 Å². The summed E-state index contributed by atoms with van der Waals surface area (Å²) in [5, 5.41) is 27.6. The molecule has 6 rings (SSSR count). The number of nitrogens with one attached hydrogen (secondary N) is 1. The average Bonchev–Trinajstić information content (AvgIpc) is 3.60. The molecule has 0 unspecified atom stereocenters. The molecule has 1 atom stereocenters. The third-order valence-electron chi connectivity index (χ3n) is 6.35. The molecule has 3 aromatic heterocycles. The van der Waals surface area contributed by atoms with Gasteiger partial charge in [-0.2, -0.15) is 5.10 Å². The van der Waals surface area contributed by atoms with Crippen molar-refractivity contribution in [1.29, 1.82) is 0 Å². The summed E-state index contributed by atoms with van der Waals surface area (Å²) in [6.45, 7) is 2.61. The summed E-state index contributed by atoms with van der Waals surface area (Å²) in [7, 11) is 1.75. The van der Waals surface area contributed by atoms with E-state index in [4.69, 9.17) is 0 Å². The number of halogens is 2. The lowest BCUT2D eigenvalue weighted by molar-refractivity contribution is 0.414. The van der Waals surface area contributed by atoms with Gasteiger partial charge >= 0.3 is 0 Å². The van der Waals surface area contributed by atoms with Gasteiger partial charge in [0.2, 0.25) is 5.95 Å². The molecule has 0 spiro atoms. The Bertz CT molecular complexity index is 1340. The van der Waals surface area contributed by atoms with Crippen LogP contribution in [0.1, 0.15) is 12.8 Å². The molecule has 11 heteroatoms. The summed E-state index contributed by atoms with van der Waals surface area (Å²) in [6, 6.07) is 5.24. The second-order valence-electron chi connectivity index (χ2n) is 8.78. The van der Waals surface area contributed by atoms with E-state index in [9.17, 15) is 9.50 Å². The number of anilines is 1. The van der Waals surface area contributed by atoms with Gasteiger partial charge in [0, 0.05) is 56.1 Å². The fraction of sp³-hybridized carbons (Fsp3) is 0.348. The Balaban J connectivity index is 0.00000241. The highest BCUT2D eigenvalue weighted by atomic mass is 35.5. The van der Waals surface area contributed by atoms with Gasteiger partial charge in [-0.1, -0.05) is 0 Å². The van der Waals surface area contributed by atoms with Crippen molar-refractivity contribution in [2.45, 2.75) is 18.9 Å². The fourth-order valence-electron chi connectivity index (χ4n) is 4.48. The van der Waals surface area contributed by atoms with Crippen LogP contribution in [0.25, 0.3) is 33.4 Å². The predicted molar refractivity (Wildman–Crippen MR) is 128 cm³/mol. The van der Waals surface area contributed by atoms with E-state index in [0.29, 0.717) is 39.7 Å². The van der Waals surface area contributed by atoms with Gasteiger partial charge in [0.25, 0.3) is 0 Å². The summed E-state index contributed by atoms with van der Waals surface area (Å²) < 4.78 is 16.0. The molecular weight excluding hydrogens is 459 g/mol. The largest absolute Gasteiger partial charge is 0.506 e. The SMILES string of the molecule is Cl.Cn1cc2cc(-c3cnc(-c4cnc(N5CCN[C@@H](C6CC6)C5)nn4)c(O)c3)cc(F)c2n1. The van der Waals surface area contributed by atoms with Crippen molar-refractivity contribution >= 4 is 29.3 Å². The highest BCUT2D eigenvalue weighted by molar-refractivity contribution is 5.86. The summed E-state index contributed by atoms with van der Waals surface area (Å²) >= 11 is 0. The third-order valence-corrected chi connectivity index (χ3v) is 6.35. The smallest absolute Gasteiger partial charge is 0.245 e. The van der Waals surface area contributed by atoms with E-state index < -0.39 is 5.82 Å². The molecule has 176 valence electrons. The molecule has 0 amide bonds. The molecule has 34 heavy (non-hydrogen) atoms. The standard InChI is InChI=1S/C23H23FN8O.ClH/c1-31-11-16-6-14(7-17(24)21(16)30-31)15-8-20(33)22(26-9-15)18-10-27-23(29-28-18)32-5-4-25-19(12-32)13-2-3-13;/h6-11,13,19,25,33H,2-5,12H2,1H3;1H/t19-;/m1./s1. The second kappa shape index (κ2) is 8.77. The van der Waals surface area contributed by atoms with E-state index >= 15 is 0 Å². The minimum Gasteiger partial charge on any atom is -0.506 e. The van der Waals surface area contributed by atoms with Gasteiger partial charge in [-0.3, -0.25) is 4.68 Å². The maximum atomic E-state index is 14.5. The average molecular weight is 483 g/mol. The Morgan fingerprint density at radius 2 is 1.94 bits per heavy atom. The van der Waals surface area contributed by atoms with Gasteiger partial charge in [0.1, 0.15) is 22.7 Å². The molecule has 1 saturated heterocycles. The minimum absolute atomic E-state index is 0. The van der Waals surface area contributed by atoms with Crippen LogP contribution in [-0.2, 0) is 7.05 Å². The van der Waals surface area contributed by atoms with Crippen molar-refractivity contribution in [3.63, 3.8) is 0 Å². The number of nitrogens with zero attached hydrogens (tertiary/aromatic N) is 7. The number of rotatable bonds is 4. The van der Waals surface area contributed by atoms with Crippen LogP contribution in [0.3, 0.4) is 0 Å². The molecular formula is C23H24ClFN8O. The number of hydrogen-bond acceptors (Lipinski definition) is 8. The van der Waals surface area contributed by atoms with E-state index in [1.807, 2.05) is 6.07 Å². The molecule has 1 saturated carbocycles. The van der Waals surface area contributed by atoms with Gasteiger partial charge in [0.05, 0.1) is 6.20 Å². The minimum atomic E-state index is -0.422. The van der Waals surface area contributed by atoms with Crippen LogP contribution in [0.4, 0.5) is 10.3 Å². The highest BCUT2D eigenvalue weighted by Crippen LogP contribution is 2.34. The maximum Gasteiger partial charge on any atom is 0.245 e. The third kappa shape index (κ3) is 4.14. The quantitative estimate of drug-likeness (QED) is 0.457. The second-order valence-corrected chi connectivity index (χ2v) is 8.78.